The predicted molar refractivity (Wildman–Crippen MR) is 83.8 cm³/mol. The van der Waals surface area contributed by atoms with Crippen molar-refractivity contribution in [3.05, 3.63) is 18.2 Å². The summed E-state index contributed by atoms with van der Waals surface area (Å²) < 4.78 is 32.4. The van der Waals surface area contributed by atoms with Crippen LogP contribution in [0.25, 0.3) is 0 Å². The zero-order chi connectivity index (χ0) is 15.5. The molecule has 118 valence electrons. The van der Waals surface area contributed by atoms with Gasteiger partial charge in [-0.3, -0.25) is 0 Å². The van der Waals surface area contributed by atoms with E-state index >= 15 is 0 Å². The molecule has 0 saturated heterocycles. The average Bonchev–Trinajstić information content (AvgIpc) is 2.93. The first-order valence-corrected chi connectivity index (χ1v) is 8.87. The van der Waals surface area contributed by atoms with Crippen LogP contribution >= 0.6 is 0 Å². The molecule has 0 radical (unpaired) electrons. The molecule has 2 rings (SSSR count). The van der Waals surface area contributed by atoms with E-state index in [2.05, 4.69) is 0 Å². The maximum absolute atomic E-state index is 12.8. The first kappa shape index (κ1) is 16.1. The molecule has 0 amide bonds. The highest BCUT2D eigenvalue weighted by molar-refractivity contribution is 7.89. The minimum absolute atomic E-state index is 0.157. The second-order valence-corrected chi connectivity index (χ2v) is 7.59. The fraction of sp³-hybridized carbons (Fsp3) is 0.600. The Labute approximate surface area is 127 Å². The first-order valence-electron chi connectivity index (χ1n) is 7.43. The number of ether oxygens (including phenoxy) is 1. The Kier molecular flexibility index (Phi) is 5.11. The fourth-order valence-electron chi connectivity index (χ4n) is 2.82. The number of hydrogen-bond donors (Lipinski definition) is 1. The molecule has 6 heteroatoms. The molecular formula is C15H24N2O3S. The van der Waals surface area contributed by atoms with Gasteiger partial charge in [0.25, 0.3) is 0 Å². The van der Waals surface area contributed by atoms with Crippen molar-refractivity contribution in [1.82, 2.24) is 4.31 Å². The van der Waals surface area contributed by atoms with Crippen molar-refractivity contribution in [3.8, 4) is 5.75 Å². The van der Waals surface area contributed by atoms with Crippen molar-refractivity contribution < 1.29 is 13.2 Å². The van der Waals surface area contributed by atoms with Gasteiger partial charge in [-0.15, -0.1) is 0 Å². The van der Waals surface area contributed by atoms with Crippen LogP contribution in [-0.4, -0.2) is 32.9 Å². The van der Waals surface area contributed by atoms with E-state index in [4.69, 9.17) is 10.5 Å². The minimum Gasteiger partial charge on any atom is -0.492 e. The summed E-state index contributed by atoms with van der Waals surface area (Å²) in [6.07, 6.45) is 4.60. The number of rotatable bonds is 6. The van der Waals surface area contributed by atoms with Crippen LogP contribution in [0.1, 0.15) is 32.6 Å². The van der Waals surface area contributed by atoms with E-state index in [0.29, 0.717) is 30.5 Å². The van der Waals surface area contributed by atoms with E-state index in [-0.39, 0.29) is 4.90 Å². The molecule has 1 aliphatic rings. The number of sulfonamides is 1. The number of anilines is 1. The zero-order valence-electron chi connectivity index (χ0n) is 12.7. The summed E-state index contributed by atoms with van der Waals surface area (Å²) in [5, 5.41) is 0. The van der Waals surface area contributed by atoms with Gasteiger partial charge in [0.2, 0.25) is 10.0 Å². The molecule has 0 heterocycles. The second-order valence-electron chi connectivity index (χ2n) is 5.58. The molecular weight excluding hydrogens is 288 g/mol. The Hall–Kier alpha value is -1.27. The SMILES string of the molecule is CCOc1ccc(N)cc1S(=O)(=O)N(C)CC1CCCC1. The van der Waals surface area contributed by atoms with Crippen molar-refractivity contribution >= 4 is 15.7 Å². The van der Waals surface area contributed by atoms with Crippen LogP contribution in [0, 0.1) is 5.92 Å². The topological polar surface area (TPSA) is 72.6 Å². The van der Waals surface area contributed by atoms with Gasteiger partial charge in [-0.05, 0) is 43.9 Å². The Morgan fingerprint density at radius 3 is 2.62 bits per heavy atom. The van der Waals surface area contributed by atoms with Crippen molar-refractivity contribution in [1.29, 1.82) is 0 Å². The lowest BCUT2D eigenvalue weighted by Gasteiger charge is -2.22. The molecule has 1 aromatic carbocycles. The molecule has 0 aliphatic heterocycles. The van der Waals surface area contributed by atoms with Crippen LogP contribution in [0.15, 0.2) is 23.1 Å². The Balaban J connectivity index is 2.26. The molecule has 2 N–H and O–H groups in total. The zero-order valence-corrected chi connectivity index (χ0v) is 13.5. The number of nitrogens with zero attached hydrogens (tertiary/aromatic N) is 1. The Morgan fingerprint density at radius 1 is 1.33 bits per heavy atom. The van der Waals surface area contributed by atoms with E-state index in [1.165, 1.54) is 23.2 Å². The van der Waals surface area contributed by atoms with Crippen LogP contribution in [0.3, 0.4) is 0 Å². The summed E-state index contributed by atoms with van der Waals surface area (Å²) in [5.74, 6) is 0.825. The van der Waals surface area contributed by atoms with Crippen LogP contribution < -0.4 is 10.5 Å². The van der Waals surface area contributed by atoms with Gasteiger partial charge in [-0.1, -0.05) is 12.8 Å². The number of nitrogens with two attached hydrogens (primary N) is 1. The summed E-state index contributed by atoms with van der Waals surface area (Å²) >= 11 is 0. The van der Waals surface area contributed by atoms with Crippen LogP contribution in [0.4, 0.5) is 5.69 Å². The lowest BCUT2D eigenvalue weighted by atomic mass is 10.1. The number of hydrogen-bond acceptors (Lipinski definition) is 4. The highest BCUT2D eigenvalue weighted by Crippen LogP contribution is 2.31. The van der Waals surface area contributed by atoms with Gasteiger partial charge in [-0.2, -0.15) is 0 Å². The maximum Gasteiger partial charge on any atom is 0.246 e. The standard InChI is InChI=1S/C15H24N2O3S/c1-3-20-14-9-8-13(16)10-15(14)21(18,19)17(2)11-12-6-4-5-7-12/h8-10,12H,3-7,11,16H2,1-2H3. The molecule has 5 nitrogen and oxygen atoms in total. The molecule has 0 aromatic heterocycles. The lowest BCUT2D eigenvalue weighted by Crippen LogP contribution is -2.31. The second kappa shape index (κ2) is 6.66. The van der Waals surface area contributed by atoms with E-state index in [0.717, 1.165) is 12.8 Å². The molecule has 0 spiro atoms. The Bertz CT molecular complexity index is 581. The third kappa shape index (κ3) is 3.68. The molecule has 1 fully saturated rings. The largest absolute Gasteiger partial charge is 0.492 e. The summed E-state index contributed by atoms with van der Waals surface area (Å²) in [7, 11) is -1.94. The summed E-state index contributed by atoms with van der Waals surface area (Å²) in [5.41, 5.74) is 6.17. The minimum atomic E-state index is -3.57. The van der Waals surface area contributed by atoms with E-state index in [1.54, 1.807) is 19.2 Å². The molecule has 0 unspecified atom stereocenters. The Morgan fingerprint density at radius 2 is 2.00 bits per heavy atom. The molecule has 0 atom stereocenters. The van der Waals surface area contributed by atoms with Crippen molar-refractivity contribution in [2.24, 2.45) is 5.92 Å². The normalized spacial score (nSPS) is 16.5. The fourth-order valence-corrected chi connectivity index (χ4v) is 4.23. The van der Waals surface area contributed by atoms with Gasteiger partial charge in [0.1, 0.15) is 10.6 Å². The first-order chi connectivity index (χ1) is 9.95. The number of benzene rings is 1. The number of nitrogen functional groups attached to an aromatic ring is 1. The molecule has 1 saturated carbocycles. The maximum atomic E-state index is 12.8. The summed E-state index contributed by atoms with van der Waals surface area (Å²) in [6, 6.07) is 4.75. The predicted octanol–water partition coefficient (Wildman–Crippen LogP) is 2.48. The highest BCUT2D eigenvalue weighted by atomic mass is 32.2. The van der Waals surface area contributed by atoms with Crippen molar-refractivity contribution in [3.63, 3.8) is 0 Å². The molecule has 0 bridgehead atoms. The van der Waals surface area contributed by atoms with E-state index < -0.39 is 10.0 Å². The molecule has 1 aliphatic carbocycles. The van der Waals surface area contributed by atoms with Crippen LogP contribution in [0.5, 0.6) is 5.75 Å². The van der Waals surface area contributed by atoms with E-state index in [1.807, 2.05) is 6.92 Å². The molecule has 21 heavy (non-hydrogen) atoms. The molecule has 1 aromatic rings. The van der Waals surface area contributed by atoms with Gasteiger partial charge in [0.15, 0.2) is 0 Å². The van der Waals surface area contributed by atoms with Gasteiger partial charge in [-0.25, -0.2) is 12.7 Å². The summed E-state index contributed by atoms with van der Waals surface area (Å²) in [4.78, 5) is 0.157. The third-order valence-corrected chi connectivity index (χ3v) is 5.79. The van der Waals surface area contributed by atoms with Gasteiger partial charge in [0, 0.05) is 19.3 Å². The smallest absolute Gasteiger partial charge is 0.246 e. The van der Waals surface area contributed by atoms with E-state index in [9.17, 15) is 8.42 Å². The van der Waals surface area contributed by atoms with Crippen molar-refractivity contribution in [2.45, 2.75) is 37.5 Å². The summed E-state index contributed by atoms with van der Waals surface area (Å²) in [6.45, 7) is 2.80. The average molecular weight is 312 g/mol. The van der Waals surface area contributed by atoms with Crippen molar-refractivity contribution in [2.75, 3.05) is 25.9 Å². The third-order valence-electron chi connectivity index (χ3n) is 3.95. The van der Waals surface area contributed by atoms with Crippen LogP contribution in [0.2, 0.25) is 0 Å². The quantitative estimate of drug-likeness (QED) is 0.819. The van der Waals surface area contributed by atoms with Gasteiger partial charge < -0.3 is 10.5 Å². The van der Waals surface area contributed by atoms with Gasteiger partial charge >= 0.3 is 0 Å². The highest BCUT2D eigenvalue weighted by Gasteiger charge is 2.28. The lowest BCUT2D eigenvalue weighted by molar-refractivity contribution is 0.328. The van der Waals surface area contributed by atoms with Crippen LogP contribution in [-0.2, 0) is 10.0 Å². The monoisotopic (exact) mass is 312 g/mol. The van der Waals surface area contributed by atoms with Gasteiger partial charge in [0.05, 0.1) is 6.61 Å².